The van der Waals surface area contributed by atoms with Crippen LogP contribution in [0.1, 0.15) is 41.9 Å². The number of nitrogens with zero attached hydrogens (tertiary/aromatic N) is 1. The Hall–Kier alpha value is -1.62. The molecule has 20 heavy (non-hydrogen) atoms. The van der Waals surface area contributed by atoms with Crippen LogP contribution in [-0.4, -0.2) is 37.0 Å². The minimum absolute atomic E-state index is 0.104. The lowest BCUT2D eigenvalue weighted by Gasteiger charge is -2.32. The summed E-state index contributed by atoms with van der Waals surface area (Å²) in [5.41, 5.74) is 0.558. The predicted molar refractivity (Wildman–Crippen MR) is 77.1 cm³/mol. The number of likely N-dealkylation sites (N-methyl/N-ethyl adjacent to an activating group) is 1. The maximum absolute atomic E-state index is 11.9. The molecule has 5 nitrogen and oxygen atoms in total. The van der Waals surface area contributed by atoms with Crippen molar-refractivity contribution < 1.29 is 9.21 Å². The summed E-state index contributed by atoms with van der Waals surface area (Å²) in [7, 11) is 1.51. The van der Waals surface area contributed by atoms with Crippen molar-refractivity contribution in [3.05, 3.63) is 33.4 Å². The maximum Gasteiger partial charge on any atom is 0.348 e. The van der Waals surface area contributed by atoms with Gasteiger partial charge < -0.3 is 14.6 Å². The highest BCUT2D eigenvalue weighted by atomic mass is 16.4. The second-order valence-corrected chi connectivity index (χ2v) is 5.09. The Labute approximate surface area is 119 Å². The first kappa shape index (κ1) is 14.8. The van der Waals surface area contributed by atoms with Crippen molar-refractivity contribution in [2.75, 3.05) is 20.1 Å². The van der Waals surface area contributed by atoms with Crippen LogP contribution in [0.15, 0.2) is 15.3 Å². The van der Waals surface area contributed by atoms with Gasteiger partial charge in [0, 0.05) is 19.5 Å². The van der Waals surface area contributed by atoms with E-state index in [2.05, 4.69) is 24.1 Å². The second kappa shape index (κ2) is 6.22. The lowest BCUT2D eigenvalue weighted by molar-refractivity contribution is 0.0958. The van der Waals surface area contributed by atoms with Gasteiger partial charge in [0.2, 0.25) is 0 Å². The molecule has 1 aliphatic rings. The minimum atomic E-state index is -0.539. The van der Waals surface area contributed by atoms with Gasteiger partial charge in [-0.2, -0.15) is 0 Å². The van der Waals surface area contributed by atoms with E-state index in [0.717, 1.165) is 43.7 Å². The van der Waals surface area contributed by atoms with Crippen molar-refractivity contribution in [3.63, 3.8) is 0 Å². The van der Waals surface area contributed by atoms with Gasteiger partial charge in [0.05, 0.1) is 0 Å². The summed E-state index contributed by atoms with van der Waals surface area (Å²) in [6.45, 7) is 6.28. The molecule has 0 fully saturated rings. The zero-order chi connectivity index (χ0) is 14.7. The largest absolute Gasteiger partial charge is 0.427 e. The summed E-state index contributed by atoms with van der Waals surface area (Å²) >= 11 is 0. The summed E-state index contributed by atoms with van der Waals surface area (Å²) in [6, 6.07) is 2.12. The molecule has 110 valence electrons. The predicted octanol–water partition coefficient (Wildman–Crippen LogP) is 1.20. The van der Waals surface area contributed by atoms with Gasteiger partial charge in [0.15, 0.2) is 0 Å². The molecule has 0 aliphatic heterocycles. The van der Waals surface area contributed by atoms with Crippen LogP contribution in [0.4, 0.5) is 0 Å². The third-order valence-corrected chi connectivity index (χ3v) is 4.08. The Kier molecular flexibility index (Phi) is 4.60. The van der Waals surface area contributed by atoms with E-state index < -0.39 is 5.63 Å². The fourth-order valence-corrected chi connectivity index (χ4v) is 2.91. The lowest BCUT2D eigenvalue weighted by atomic mass is 9.91. The number of hydrogen-bond acceptors (Lipinski definition) is 4. The fraction of sp³-hybridized carbons (Fsp3) is 0.600. The quantitative estimate of drug-likeness (QED) is 0.899. The molecule has 1 aromatic rings. The van der Waals surface area contributed by atoms with Gasteiger partial charge in [0.1, 0.15) is 11.3 Å². The van der Waals surface area contributed by atoms with Gasteiger partial charge in [0.25, 0.3) is 5.91 Å². The van der Waals surface area contributed by atoms with Gasteiger partial charge in [-0.05, 0) is 37.6 Å². The summed E-state index contributed by atoms with van der Waals surface area (Å²) in [6.07, 6.45) is 2.64. The molecule has 1 aliphatic carbocycles. The van der Waals surface area contributed by atoms with Crippen LogP contribution in [0.3, 0.4) is 0 Å². The lowest BCUT2D eigenvalue weighted by Crippen LogP contribution is -2.39. The van der Waals surface area contributed by atoms with Gasteiger partial charge in [-0.15, -0.1) is 0 Å². The van der Waals surface area contributed by atoms with Crippen molar-refractivity contribution in [1.29, 1.82) is 0 Å². The van der Waals surface area contributed by atoms with Crippen LogP contribution in [0.2, 0.25) is 0 Å². The van der Waals surface area contributed by atoms with Crippen LogP contribution < -0.4 is 10.9 Å². The molecule has 0 aromatic carbocycles. The van der Waals surface area contributed by atoms with Gasteiger partial charge in [-0.25, -0.2) is 4.79 Å². The van der Waals surface area contributed by atoms with E-state index in [1.807, 2.05) is 0 Å². The monoisotopic (exact) mass is 278 g/mol. The number of fused-ring (bicyclic) bond motifs is 1. The number of nitrogens with one attached hydrogen (secondary N) is 1. The molecule has 0 saturated heterocycles. The maximum atomic E-state index is 11.9. The number of amides is 1. The summed E-state index contributed by atoms with van der Waals surface area (Å²) in [5.74, 6) is 0.359. The van der Waals surface area contributed by atoms with E-state index in [0.29, 0.717) is 6.04 Å². The average molecular weight is 278 g/mol. The van der Waals surface area contributed by atoms with Crippen LogP contribution in [-0.2, 0) is 12.8 Å². The third kappa shape index (κ3) is 2.77. The van der Waals surface area contributed by atoms with Crippen molar-refractivity contribution >= 4 is 5.91 Å². The fourth-order valence-electron chi connectivity index (χ4n) is 2.91. The van der Waals surface area contributed by atoms with Crippen LogP contribution in [0.25, 0.3) is 0 Å². The van der Waals surface area contributed by atoms with Crippen LogP contribution >= 0.6 is 0 Å². The van der Waals surface area contributed by atoms with Crippen LogP contribution in [0, 0.1) is 0 Å². The van der Waals surface area contributed by atoms with Crippen molar-refractivity contribution in [2.24, 2.45) is 0 Å². The number of rotatable bonds is 4. The number of aryl methyl sites for hydroxylation is 1. The summed E-state index contributed by atoms with van der Waals surface area (Å²) in [4.78, 5) is 25.9. The molecule has 0 saturated carbocycles. The molecule has 1 heterocycles. The Morgan fingerprint density at radius 1 is 1.45 bits per heavy atom. The van der Waals surface area contributed by atoms with E-state index >= 15 is 0 Å². The Bertz CT molecular complexity index is 547. The Morgan fingerprint density at radius 2 is 2.15 bits per heavy atom. The third-order valence-electron chi connectivity index (χ3n) is 4.08. The highest BCUT2D eigenvalue weighted by Crippen LogP contribution is 2.24. The van der Waals surface area contributed by atoms with Gasteiger partial charge in [-0.1, -0.05) is 13.8 Å². The van der Waals surface area contributed by atoms with Gasteiger partial charge in [-0.3, -0.25) is 4.79 Å². The first-order valence-electron chi connectivity index (χ1n) is 7.22. The number of carbonyl (C=O) groups excluding carboxylic acids is 1. The molecule has 2 rings (SSSR count). The summed E-state index contributed by atoms with van der Waals surface area (Å²) < 4.78 is 5.38. The van der Waals surface area contributed by atoms with E-state index in [1.54, 1.807) is 6.07 Å². The van der Waals surface area contributed by atoms with E-state index in [9.17, 15) is 9.59 Å². The first-order valence-corrected chi connectivity index (χ1v) is 7.22. The molecule has 1 unspecified atom stereocenters. The molecule has 0 spiro atoms. The normalized spacial score (nSPS) is 17.9. The zero-order valence-corrected chi connectivity index (χ0v) is 12.4. The Morgan fingerprint density at radius 3 is 2.75 bits per heavy atom. The van der Waals surface area contributed by atoms with E-state index in [1.165, 1.54) is 7.05 Å². The molecule has 1 amide bonds. The number of hydrogen-bond donors (Lipinski definition) is 1. The number of carbonyl (C=O) groups is 1. The molecule has 5 heteroatoms. The standard InChI is InChI=1S/C15H22N2O3/c1-4-17(5-2)11-7-6-10-8-12(14(18)16-3)15(19)20-13(10)9-11/h8,11H,4-7,9H2,1-3H3,(H,16,18). The van der Waals surface area contributed by atoms with Crippen molar-refractivity contribution in [2.45, 2.75) is 39.2 Å². The highest BCUT2D eigenvalue weighted by Gasteiger charge is 2.26. The average Bonchev–Trinajstić information content (AvgIpc) is 2.47. The first-order chi connectivity index (χ1) is 9.60. The molecule has 1 aromatic heterocycles. The van der Waals surface area contributed by atoms with E-state index in [-0.39, 0.29) is 11.5 Å². The summed E-state index contributed by atoms with van der Waals surface area (Å²) in [5, 5.41) is 2.47. The Balaban J connectivity index is 2.28. The molecule has 0 radical (unpaired) electrons. The molecule has 0 bridgehead atoms. The molecular formula is C15H22N2O3. The van der Waals surface area contributed by atoms with Crippen molar-refractivity contribution in [3.8, 4) is 0 Å². The minimum Gasteiger partial charge on any atom is -0.427 e. The van der Waals surface area contributed by atoms with Crippen LogP contribution in [0.5, 0.6) is 0 Å². The topological polar surface area (TPSA) is 62.6 Å². The molecule has 1 N–H and O–H groups in total. The molecular weight excluding hydrogens is 256 g/mol. The second-order valence-electron chi connectivity index (χ2n) is 5.09. The van der Waals surface area contributed by atoms with E-state index in [4.69, 9.17) is 4.42 Å². The SMILES string of the molecule is CCN(CC)C1CCc2cc(C(=O)NC)c(=O)oc2C1. The zero-order valence-electron chi connectivity index (χ0n) is 12.4. The molecule has 1 atom stereocenters. The smallest absolute Gasteiger partial charge is 0.348 e. The van der Waals surface area contributed by atoms with Gasteiger partial charge >= 0.3 is 5.63 Å². The van der Waals surface area contributed by atoms with Crippen molar-refractivity contribution in [1.82, 2.24) is 10.2 Å². The highest BCUT2D eigenvalue weighted by molar-refractivity contribution is 5.93.